The molecule has 0 amide bonds. The van der Waals surface area contributed by atoms with Crippen molar-refractivity contribution < 1.29 is 4.42 Å². The quantitative estimate of drug-likeness (QED) is 0.157. The zero-order valence-electron chi connectivity index (χ0n) is 33.9. The minimum Gasteiger partial charge on any atom is -0.455 e. The van der Waals surface area contributed by atoms with Crippen LogP contribution in [0, 0.1) is 0 Å². The molecule has 2 heterocycles. The summed E-state index contributed by atoms with van der Waals surface area (Å²) in [6, 6.07) is 85.5. The number of furan rings is 1. The van der Waals surface area contributed by atoms with Crippen molar-refractivity contribution in [3.63, 3.8) is 0 Å². The number of para-hydroxylation sites is 3. The van der Waals surface area contributed by atoms with Crippen molar-refractivity contribution in [2.45, 2.75) is 0 Å². The van der Waals surface area contributed by atoms with Gasteiger partial charge in [0.1, 0.15) is 11.2 Å². The summed E-state index contributed by atoms with van der Waals surface area (Å²) in [5.41, 5.74) is 19.3. The van der Waals surface area contributed by atoms with Crippen molar-refractivity contribution in [1.82, 2.24) is 4.57 Å². The summed E-state index contributed by atoms with van der Waals surface area (Å²) in [6.45, 7) is 0. The van der Waals surface area contributed by atoms with E-state index < -0.39 is 0 Å². The van der Waals surface area contributed by atoms with Crippen LogP contribution in [0.2, 0.25) is 0 Å². The first-order valence-electron chi connectivity index (χ1n) is 21.3. The molecule has 0 bridgehead atoms. The Bertz CT molecular complexity index is 3600. The lowest BCUT2D eigenvalue weighted by molar-refractivity contribution is 0.670. The van der Waals surface area contributed by atoms with Crippen molar-refractivity contribution >= 4 is 43.7 Å². The third-order valence-electron chi connectivity index (χ3n) is 12.4. The van der Waals surface area contributed by atoms with Gasteiger partial charge in [0.25, 0.3) is 0 Å². The van der Waals surface area contributed by atoms with E-state index in [2.05, 4.69) is 229 Å². The molecule has 0 unspecified atom stereocenters. The standard InChI is InChI=1S/C60H39NO/c1-5-20-40(21-6-1)54-55(41-22-7-2-8-23-41)57(43-26-11-4-12-27-43)59-58(56(54)42-24-9-3-10-25-42)51-33-13-15-36-52(51)61(59)47-31-18-29-45(39-47)44-28-17-30-46(38-44)48-34-19-35-50-49-32-14-16-37-53(49)62-60(48)50/h1-39H. The Hall–Kier alpha value is -8.20. The van der Waals surface area contributed by atoms with Gasteiger partial charge in [-0.05, 0) is 74.8 Å². The highest BCUT2D eigenvalue weighted by Gasteiger charge is 2.29. The topological polar surface area (TPSA) is 18.1 Å². The molecule has 0 aliphatic carbocycles. The third-order valence-corrected chi connectivity index (χ3v) is 12.4. The number of aromatic nitrogens is 1. The highest BCUT2D eigenvalue weighted by molar-refractivity contribution is 6.26. The maximum Gasteiger partial charge on any atom is 0.143 e. The molecule has 0 aliphatic heterocycles. The fourth-order valence-corrected chi connectivity index (χ4v) is 9.72. The number of rotatable bonds is 7. The molecule has 0 fully saturated rings. The Morgan fingerprint density at radius 2 is 0.774 bits per heavy atom. The van der Waals surface area contributed by atoms with Crippen LogP contribution in [-0.4, -0.2) is 4.57 Å². The van der Waals surface area contributed by atoms with Crippen LogP contribution in [0.4, 0.5) is 0 Å². The van der Waals surface area contributed by atoms with Crippen molar-refractivity contribution in [1.29, 1.82) is 0 Å². The first kappa shape index (κ1) is 35.7. The summed E-state index contributed by atoms with van der Waals surface area (Å²) in [5, 5.41) is 4.71. The fraction of sp³-hybridized carbons (Fsp3) is 0. The molecule has 0 saturated heterocycles. The Morgan fingerprint density at radius 1 is 0.306 bits per heavy atom. The van der Waals surface area contributed by atoms with E-state index in [4.69, 9.17) is 4.42 Å². The van der Waals surface area contributed by atoms with Crippen LogP contribution in [0.1, 0.15) is 0 Å². The molecule has 290 valence electrons. The average molecular weight is 790 g/mol. The summed E-state index contributed by atoms with van der Waals surface area (Å²) >= 11 is 0. The lowest BCUT2D eigenvalue weighted by Gasteiger charge is -2.24. The fourth-order valence-electron chi connectivity index (χ4n) is 9.72. The van der Waals surface area contributed by atoms with Gasteiger partial charge in [-0.3, -0.25) is 0 Å². The Balaban J connectivity index is 1.17. The maximum atomic E-state index is 6.50. The van der Waals surface area contributed by atoms with E-state index in [-0.39, 0.29) is 0 Å². The second-order valence-electron chi connectivity index (χ2n) is 16.0. The Morgan fingerprint density at radius 3 is 1.45 bits per heavy atom. The second-order valence-corrected chi connectivity index (χ2v) is 16.0. The van der Waals surface area contributed by atoms with Crippen LogP contribution in [0.25, 0.3) is 116 Å². The SMILES string of the molecule is c1ccc(-c2c(-c3ccccc3)c(-c3ccccc3)c3c(c2-c2ccccc2)c2ccccc2n3-c2cccc(-c3cccc(-c4cccc5c4oc4ccccc45)c3)c2)cc1. The van der Waals surface area contributed by atoms with Crippen LogP contribution >= 0.6 is 0 Å². The Kier molecular flexibility index (Phi) is 8.53. The van der Waals surface area contributed by atoms with Crippen molar-refractivity contribution in [2.75, 3.05) is 0 Å². The highest BCUT2D eigenvalue weighted by Crippen LogP contribution is 2.54. The predicted molar refractivity (Wildman–Crippen MR) is 261 cm³/mol. The number of nitrogens with zero attached hydrogens (tertiary/aromatic N) is 1. The van der Waals surface area contributed by atoms with Crippen LogP contribution < -0.4 is 0 Å². The van der Waals surface area contributed by atoms with E-state index >= 15 is 0 Å². The molecule has 62 heavy (non-hydrogen) atoms. The smallest absolute Gasteiger partial charge is 0.143 e. The van der Waals surface area contributed by atoms with E-state index in [1.165, 1.54) is 60.8 Å². The normalized spacial score (nSPS) is 11.5. The van der Waals surface area contributed by atoms with Crippen LogP contribution in [0.15, 0.2) is 241 Å². The van der Waals surface area contributed by atoms with Gasteiger partial charge >= 0.3 is 0 Å². The van der Waals surface area contributed by atoms with Gasteiger partial charge in [0.15, 0.2) is 0 Å². The van der Waals surface area contributed by atoms with Gasteiger partial charge in [-0.1, -0.05) is 206 Å². The molecule has 0 aliphatic rings. The van der Waals surface area contributed by atoms with E-state index in [1.807, 2.05) is 12.1 Å². The summed E-state index contributed by atoms with van der Waals surface area (Å²) < 4.78 is 9.01. The van der Waals surface area contributed by atoms with E-state index in [0.29, 0.717) is 0 Å². The van der Waals surface area contributed by atoms with Gasteiger partial charge in [-0.25, -0.2) is 0 Å². The molecule has 2 heteroatoms. The van der Waals surface area contributed by atoms with Crippen LogP contribution in [0.5, 0.6) is 0 Å². The van der Waals surface area contributed by atoms with Crippen molar-refractivity contribution in [3.05, 3.63) is 237 Å². The van der Waals surface area contributed by atoms with Gasteiger partial charge in [-0.15, -0.1) is 0 Å². The molecular formula is C60H39NO. The van der Waals surface area contributed by atoms with Gasteiger partial charge in [0.2, 0.25) is 0 Å². The van der Waals surface area contributed by atoms with Gasteiger partial charge < -0.3 is 8.98 Å². The van der Waals surface area contributed by atoms with Gasteiger partial charge in [0.05, 0.1) is 11.0 Å². The molecule has 12 aromatic rings. The molecule has 12 rings (SSSR count). The summed E-state index contributed by atoms with van der Waals surface area (Å²) in [5.74, 6) is 0. The maximum absolute atomic E-state index is 6.50. The largest absolute Gasteiger partial charge is 0.455 e. The molecule has 0 saturated carbocycles. The van der Waals surface area contributed by atoms with E-state index in [0.717, 1.165) is 55.4 Å². The first-order chi connectivity index (χ1) is 30.8. The van der Waals surface area contributed by atoms with E-state index in [9.17, 15) is 0 Å². The number of fused-ring (bicyclic) bond motifs is 6. The second kappa shape index (κ2) is 14.8. The van der Waals surface area contributed by atoms with Crippen molar-refractivity contribution in [2.24, 2.45) is 0 Å². The number of benzene rings is 10. The molecule has 0 atom stereocenters. The highest BCUT2D eigenvalue weighted by atomic mass is 16.3. The lowest BCUT2D eigenvalue weighted by Crippen LogP contribution is -2.01. The number of hydrogen-bond donors (Lipinski definition) is 0. The minimum absolute atomic E-state index is 0.904. The zero-order valence-corrected chi connectivity index (χ0v) is 33.9. The lowest BCUT2D eigenvalue weighted by atomic mass is 9.80. The predicted octanol–water partition coefficient (Wildman–Crippen LogP) is 16.7. The molecule has 2 nitrogen and oxygen atoms in total. The molecule has 2 aromatic heterocycles. The third kappa shape index (κ3) is 5.80. The minimum atomic E-state index is 0.904. The first-order valence-corrected chi connectivity index (χ1v) is 21.3. The van der Waals surface area contributed by atoms with Gasteiger partial charge in [-0.2, -0.15) is 0 Å². The molecule has 0 N–H and O–H groups in total. The van der Waals surface area contributed by atoms with Gasteiger partial charge in [0, 0.05) is 49.5 Å². The van der Waals surface area contributed by atoms with E-state index in [1.54, 1.807) is 0 Å². The monoisotopic (exact) mass is 789 g/mol. The molecular weight excluding hydrogens is 751 g/mol. The molecule has 0 radical (unpaired) electrons. The summed E-state index contributed by atoms with van der Waals surface area (Å²) in [6.07, 6.45) is 0. The Labute approximate surface area is 360 Å². The number of hydrogen-bond acceptors (Lipinski definition) is 1. The van der Waals surface area contributed by atoms with Crippen molar-refractivity contribution in [3.8, 4) is 72.4 Å². The average Bonchev–Trinajstić information content (AvgIpc) is 3.91. The summed E-state index contributed by atoms with van der Waals surface area (Å²) in [7, 11) is 0. The van der Waals surface area contributed by atoms with Crippen LogP contribution in [-0.2, 0) is 0 Å². The van der Waals surface area contributed by atoms with Crippen LogP contribution in [0.3, 0.4) is 0 Å². The molecule has 10 aromatic carbocycles. The summed E-state index contributed by atoms with van der Waals surface area (Å²) in [4.78, 5) is 0. The molecule has 0 spiro atoms. The zero-order chi connectivity index (χ0) is 41.0.